The third-order valence-corrected chi connectivity index (χ3v) is 4.21. The molecule has 0 N–H and O–H groups in total. The van der Waals surface area contributed by atoms with Gasteiger partial charge in [0, 0.05) is 30.8 Å². The second-order valence-corrected chi connectivity index (χ2v) is 7.13. The number of methoxy groups -OCH3 is 1. The first-order valence-electron chi connectivity index (χ1n) is 8.04. The van der Waals surface area contributed by atoms with Crippen LogP contribution in [0.3, 0.4) is 0 Å². The number of carbonyl (C=O) groups excluding carboxylic acids is 1. The van der Waals surface area contributed by atoms with Crippen LogP contribution in [0.5, 0.6) is 5.75 Å². The van der Waals surface area contributed by atoms with Crippen LogP contribution >= 0.6 is 0 Å². The molecule has 1 heterocycles. The lowest BCUT2D eigenvalue weighted by atomic mass is 9.73. The Kier molecular flexibility index (Phi) is 5.21. The lowest BCUT2D eigenvalue weighted by Gasteiger charge is -2.38. The van der Waals surface area contributed by atoms with E-state index in [2.05, 4.69) is 6.07 Å². The molecule has 0 spiro atoms. The van der Waals surface area contributed by atoms with Crippen molar-refractivity contribution < 1.29 is 23.0 Å². The first-order valence-corrected chi connectivity index (χ1v) is 8.04. The molecule has 0 unspecified atom stereocenters. The lowest BCUT2D eigenvalue weighted by molar-refractivity contribution is 0.0183. The molecule has 0 saturated carbocycles. The van der Waals surface area contributed by atoms with E-state index in [9.17, 15) is 18.8 Å². The van der Waals surface area contributed by atoms with Crippen LogP contribution in [0.2, 0.25) is 0 Å². The van der Waals surface area contributed by atoms with Crippen molar-refractivity contribution in [2.45, 2.75) is 44.6 Å². The number of nitrogens with zero attached hydrogens (tertiary/aromatic N) is 2. The second kappa shape index (κ2) is 6.87. The molecule has 0 aromatic heterocycles. The predicted octanol–water partition coefficient (Wildman–Crippen LogP) is 3.77. The van der Waals surface area contributed by atoms with Crippen LogP contribution in [-0.2, 0) is 10.2 Å². The maximum atomic E-state index is 14.4. The topological polar surface area (TPSA) is 62.6 Å². The summed E-state index contributed by atoms with van der Waals surface area (Å²) in [5.74, 6) is -1.58. The number of likely N-dealkylation sites (tertiary alicyclic amines) is 1. The third kappa shape index (κ3) is 4.01. The van der Waals surface area contributed by atoms with E-state index in [1.54, 1.807) is 20.8 Å². The third-order valence-electron chi connectivity index (χ3n) is 4.21. The molecule has 136 valence electrons. The molecule has 1 aliphatic rings. The molecule has 1 aliphatic heterocycles. The van der Waals surface area contributed by atoms with Gasteiger partial charge in [-0.1, -0.05) is 0 Å². The van der Waals surface area contributed by atoms with Gasteiger partial charge in [-0.05, 0) is 33.6 Å². The summed E-state index contributed by atoms with van der Waals surface area (Å²) in [5, 5.41) is 9.63. The molecular weight excluding hydrogens is 330 g/mol. The standard InChI is InChI=1S/C18H22F2N2O3/c1-17(2,3)25-16(23)22-7-5-18(11-21,6-8-22)15-13(19)9-12(24-4)10-14(15)20/h9-10H,5-8H2,1-4H3. The average molecular weight is 352 g/mol. The van der Waals surface area contributed by atoms with Gasteiger partial charge in [-0.2, -0.15) is 5.26 Å². The number of amides is 1. The molecule has 0 radical (unpaired) electrons. The van der Waals surface area contributed by atoms with E-state index in [0.717, 1.165) is 12.1 Å². The van der Waals surface area contributed by atoms with Crippen molar-refractivity contribution in [2.75, 3.05) is 20.2 Å². The second-order valence-electron chi connectivity index (χ2n) is 7.13. The number of hydrogen-bond donors (Lipinski definition) is 0. The van der Waals surface area contributed by atoms with Crippen LogP contribution in [0.4, 0.5) is 13.6 Å². The van der Waals surface area contributed by atoms with E-state index < -0.39 is 28.7 Å². The molecule has 7 heteroatoms. The largest absolute Gasteiger partial charge is 0.497 e. The van der Waals surface area contributed by atoms with Gasteiger partial charge >= 0.3 is 6.09 Å². The lowest BCUT2D eigenvalue weighted by Crippen LogP contribution is -2.47. The summed E-state index contributed by atoms with van der Waals surface area (Å²) in [7, 11) is 1.31. The molecule has 1 fully saturated rings. The zero-order valence-electron chi connectivity index (χ0n) is 14.9. The fraction of sp³-hybridized carbons (Fsp3) is 0.556. The maximum absolute atomic E-state index is 14.4. The number of ether oxygens (including phenoxy) is 2. The Balaban J connectivity index is 2.23. The van der Waals surface area contributed by atoms with Gasteiger partial charge in [-0.3, -0.25) is 0 Å². The summed E-state index contributed by atoms with van der Waals surface area (Å²) in [6.07, 6.45) is -0.235. The van der Waals surface area contributed by atoms with Gasteiger partial charge in [0.25, 0.3) is 0 Å². The summed E-state index contributed by atoms with van der Waals surface area (Å²) < 4.78 is 39.0. The molecule has 2 rings (SSSR count). The van der Waals surface area contributed by atoms with Crippen LogP contribution in [0, 0.1) is 23.0 Å². The molecule has 0 atom stereocenters. The Bertz CT molecular complexity index is 676. The van der Waals surface area contributed by atoms with Crippen molar-refractivity contribution in [2.24, 2.45) is 0 Å². The smallest absolute Gasteiger partial charge is 0.410 e. The SMILES string of the molecule is COc1cc(F)c(C2(C#N)CCN(C(=O)OC(C)(C)C)CC2)c(F)c1. The Morgan fingerprint density at radius 1 is 1.24 bits per heavy atom. The zero-order chi connectivity index (χ0) is 18.8. The number of benzene rings is 1. The molecule has 1 amide bonds. The van der Waals surface area contributed by atoms with E-state index in [-0.39, 0.29) is 37.2 Å². The molecule has 25 heavy (non-hydrogen) atoms. The van der Waals surface area contributed by atoms with Crippen molar-refractivity contribution in [1.82, 2.24) is 4.90 Å². The zero-order valence-corrected chi connectivity index (χ0v) is 14.9. The first-order chi connectivity index (χ1) is 11.6. The molecule has 0 bridgehead atoms. The molecule has 1 saturated heterocycles. The highest BCUT2D eigenvalue weighted by Crippen LogP contribution is 2.39. The number of nitriles is 1. The number of piperidine rings is 1. The van der Waals surface area contributed by atoms with Crippen LogP contribution in [0.25, 0.3) is 0 Å². The van der Waals surface area contributed by atoms with Crippen LogP contribution < -0.4 is 4.74 Å². The maximum Gasteiger partial charge on any atom is 0.410 e. The highest BCUT2D eigenvalue weighted by Gasteiger charge is 2.42. The molecule has 5 nitrogen and oxygen atoms in total. The van der Waals surface area contributed by atoms with Crippen molar-refractivity contribution in [1.29, 1.82) is 5.26 Å². The van der Waals surface area contributed by atoms with Crippen LogP contribution in [0.15, 0.2) is 12.1 Å². The number of hydrogen-bond acceptors (Lipinski definition) is 4. The molecular formula is C18H22F2N2O3. The van der Waals surface area contributed by atoms with E-state index in [1.807, 2.05) is 0 Å². The number of rotatable bonds is 2. The minimum absolute atomic E-state index is 0.0537. The number of carbonyl (C=O) groups is 1. The van der Waals surface area contributed by atoms with Crippen molar-refractivity contribution in [3.8, 4) is 11.8 Å². The normalized spacial score (nSPS) is 16.9. The fourth-order valence-corrected chi connectivity index (χ4v) is 2.94. The monoisotopic (exact) mass is 352 g/mol. The minimum atomic E-state index is -1.32. The summed E-state index contributed by atoms with van der Waals surface area (Å²) in [6.45, 7) is 5.66. The summed E-state index contributed by atoms with van der Waals surface area (Å²) in [5.41, 5.74) is -2.21. The minimum Gasteiger partial charge on any atom is -0.497 e. The van der Waals surface area contributed by atoms with Gasteiger partial charge in [0.15, 0.2) is 0 Å². The van der Waals surface area contributed by atoms with Crippen molar-refractivity contribution >= 4 is 6.09 Å². The average Bonchev–Trinajstić information content (AvgIpc) is 2.52. The van der Waals surface area contributed by atoms with Crippen molar-refractivity contribution in [3.05, 3.63) is 29.3 Å². The molecule has 1 aromatic rings. The predicted molar refractivity (Wildman–Crippen MR) is 87.2 cm³/mol. The highest BCUT2D eigenvalue weighted by atomic mass is 19.1. The van der Waals surface area contributed by atoms with Crippen LogP contribution in [0.1, 0.15) is 39.2 Å². The highest BCUT2D eigenvalue weighted by molar-refractivity contribution is 5.68. The Morgan fingerprint density at radius 3 is 2.16 bits per heavy atom. The van der Waals surface area contributed by atoms with E-state index >= 15 is 0 Å². The van der Waals surface area contributed by atoms with Crippen LogP contribution in [-0.4, -0.2) is 36.8 Å². The van der Waals surface area contributed by atoms with Gasteiger partial charge in [0.1, 0.15) is 23.0 Å². The quantitative estimate of drug-likeness (QED) is 0.813. The Labute approximate surface area is 146 Å². The fourth-order valence-electron chi connectivity index (χ4n) is 2.94. The Hall–Kier alpha value is -2.36. The molecule has 0 aliphatic carbocycles. The van der Waals surface area contributed by atoms with Gasteiger partial charge in [-0.15, -0.1) is 0 Å². The van der Waals surface area contributed by atoms with E-state index in [4.69, 9.17) is 9.47 Å². The van der Waals surface area contributed by atoms with Gasteiger partial charge < -0.3 is 14.4 Å². The van der Waals surface area contributed by atoms with Gasteiger partial charge in [0.05, 0.1) is 18.6 Å². The van der Waals surface area contributed by atoms with E-state index in [0.29, 0.717) is 0 Å². The summed E-state index contributed by atoms with van der Waals surface area (Å²) in [6, 6.07) is 4.20. The van der Waals surface area contributed by atoms with Crippen molar-refractivity contribution in [3.63, 3.8) is 0 Å². The van der Waals surface area contributed by atoms with Gasteiger partial charge in [0.2, 0.25) is 0 Å². The van der Waals surface area contributed by atoms with Gasteiger partial charge in [-0.25, -0.2) is 13.6 Å². The summed E-state index contributed by atoms with van der Waals surface area (Å²) >= 11 is 0. The Morgan fingerprint density at radius 2 is 1.76 bits per heavy atom. The first kappa shape index (κ1) is 19.0. The summed E-state index contributed by atoms with van der Waals surface area (Å²) in [4.78, 5) is 13.6. The number of halogens is 2. The molecule has 1 aromatic carbocycles. The van der Waals surface area contributed by atoms with E-state index in [1.165, 1.54) is 12.0 Å².